The number of aromatic hydroxyl groups is 1. The van der Waals surface area contributed by atoms with Gasteiger partial charge < -0.3 is 15.3 Å². The molecule has 3 rings (SSSR count). The summed E-state index contributed by atoms with van der Waals surface area (Å²) in [5.74, 6) is 0.00632. The third-order valence-corrected chi connectivity index (χ3v) is 5.39. The summed E-state index contributed by atoms with van der Waals surface area (Å²) >= 11 is 0. The molecule has 1 aliphatic carbocycles. The summed E-state index contributed by atoms with van der Waals surface area (Å²) in [7, 11) is 0. The van der Waals surface area contributed by atoms with Gasteiger partial charge in [-0.25, -0.2) is 4.79 Å². The second-order valence-electron chi connectivity index (χ2n) is 7.13. The predicted octanol–water partition coefficient (Wildman–Crippen LogP) is 1.67. The lowest BCUT2D eigenvalue weighted by Gasteiger charge is -2.38. The fraction of sp³-hybridized carbons (Fsp3) is 0.579. The second kappa shape index (κ2) is 8.40. The molecule has 1 saturated heterocycles. The van der Waals surface area contributed by atoms with Crippen LogP contribution in [0.5, 0.6) is 5.75 Å². The molecule has 2 fully saturated rings. The van der Waals surface area contributed by atoms with Gasteiger partial charge in [0.1, 0.15) is 5.75 Å². The summed E-state index contributed by atoms with van der Waals surface area (Å²) in [6, 6.07) is 6.73. The Labute approximate surface area is 154 Å². The van der Waals surface area contributed by atoms with Crippen molar-refractivity contribution in [2.24, 2.45) is 0 Å². The van der Waals surface area contributed by atoms with E-state index in [1.54, 1.807) is 12.1 Å². The van der Waals surface area contributed by atoms with E-state index in [0.29, 0.717) is 13.1 Å². The van der Waals surface area contributed by atoms with E-state index in [0.717, 1.165) is 44.5 Å². The number of para-hydroxylation sites is 2. The molecule has 1 unspecified atom stereocenters. The van der Waals surface area contributed by atoms with Crippen molar-refractivity contribution in [3.05, 3.63) is 24.3 Å². The number of benzene rings is 1. The molecular formula is C19H28N4O3. The number of nitrogens with zero attached hydrogens (tertiary/aromatic N) is 2. The molecule has 0 bridgehead atoms. The zero-order chi connectivity index (χ0) is 18.5. The van der Waals surface area contributed by atoms with E-state index >= 15 is 0 Å². The number of amides is 3. The number of imide groups is 1. The van der Waals surface area contributed by atoms with Gasteiger partial charge in [-0.2, -0.15) is 0 Å². The Kier molecular flexibility index (Phi) is 5.98. The minimum atomic E-state index is -0.387. The lowest BCUT2D eigenvalue weighted by atomic mass is 10.2. The summed E-state index contributed by atoms with van der Waals surface area (Å²) < 4.78 is 0. The molecule has 0 aromatic heterocycles. The molecule has 1 atom stereocenters. The van der Waals surface area contributed by atoms with Gasteiger partial charge in [-0.15, -0.1) is 0 Å². The van der Waals surface area contributed by atoms with Crippen LogP contribution in [0, 0.1) is 0 Å². The van der Waals surface area contributed by atoms with E-state index in [2.05, 4.69) is 20.4 Å². The maximum absolute atomic E-state index is 12.4. The third-order valence-electron chi connectivity index (χ3n) is 5.39. The number of carbonyl (C=O) groups is 2. The first-order chi connectivity index (χ1) is 12.5. The van der Waals surface area contributed by atoms with Gasteiger partial charge in [0.05, 0.1) is 11.7 Å². The number of rotatable bonds is 4. The van der Waals surface area contributed by atoms with E-state index in [-0.39, 0.29) is 29.8 Å². The van der Waals surface area contributed by atoms with Crippen molar-refractivity contribution in [1.82, 2.24) is 15.5 Å². The van der Waals surface area contributed by atoms with Crippen LogP contribution in [0.1, 0.15) is 32.6 Å². The summed E-state index contributed by atoms with van der Waals surface area (Å²) in [5, 5.41) is 15.3. The molecule has 3 N–H and O–H groups in total. The van der Waals surface area contributed by atoms with Crippen LogP contribution >= 0.6 is 0 Å². The Bertz CT molecular complexity index is 637. The molecule has 0 radical (unpaired) electrons. The average Bonchev–Trinajstić information content (AvgIpc) is 3.14. The first kappa shape index (κ1) is 18.5. The Morgan fingerprint density at radius 2 is 1.77 bits per heavy atom. The normalized spacial score (nSPS) is 20.0. The lowest BCUT2D eigenvalue weighted by molar-refractivity contribution is -0.124. The number of anilines is 1. The highest BCUT2D eigenvalue weighted by molar-refractivity contribution is 5.96. The second-order valence-corrected chi connectivity index (χ2v) is 7.13. The zero-order valence-corrected chi connectivity index (χ0v) is 15.3. The number of hydrogen-bond donors (Lipinski definition) is 3. The molecule has 0 spiro atoms. The van der Waals surface area contributed by atoms with Crippen LogP contribution < -0.4 is 15.5 Å². The molecular weight excluding hydrogens is 332 g/mol. The fourth-order valence-electron chi connectivity index (χ4n) is 3.76. The SMILES string of the molecule is CC(C(=O)NC(=O)NC1CCCC1)N1CCN(c2ccccc2O)CC1. The number of urea groups is 1. The largest absolute Gasteiger partial charge is 0.506 e. The minimum absolute atomic E-state index is 0.195. The molecule has 7 nitrogen and oxygen atoms in total. The van der Waals surface area contributed by atoms with E-state index in [1.807, 2.05) is 19.1 Å². The van der Waals surface area contributed by atoms with Crippen molar-refractivity contribution in [2.75, 3.05) is 31.1 Å². The van der Waals surface area contributed by atoms with Crippen LogP contribution in [-0.2, 0) is 4.79 Å². The standard InChI is InChI=1S/C19H28N4O3/c1-14(18(25)21-19(26)20-15-6-2-3-7-15)22-10-12-23(13-11-22)16-8-4-5-9-17(16)24/h4-5,8-9,14-15,24H,2-3,6-7,10-13H2,1H3,(H2,20,21,25,26). The van der Waals surface area contributed by atoms with Gasteiger partial charge in [0.25, 0.3) is 0 Å². The molecule has 1 aromatic rings. The van der Waals surface area contributed by atoms with Crippen molar-refractivity contribution in [1.29, 1.82) is 0 Å². The van der Waals surface area contributed by atoms with Crippen LogP contribution in [0.3, 0.4) is 0 Å². The number of phenols is 1. The summed E-state index contributed by atoms with van der Waals surface area (Å²) in [4.78, 5) is 28.5. The summed E-state index contributed by atoms with van der Waals surface area (Å²) in [5.41, 5.74) is 0.820. The van der Waals surface area contributed by atoms with Gasteiger partial charge in [-0.3, -0.25) is 15.0 Å². The molecule has 2 aliphatic rings. The molecule has 3 amide bonds. The van der Waals surface area contributed by atoms with E-state index in [9.17, 15) is 14.7 Å². The van der Waals surface area contributed by atoms with Crippen molar-refractivity contribution in [3.8, 4) is 5.75 Å². The minimum Gasteiger partial charge on any atom is -0.506 e. The number of carbonyl (C=O) groups excluding carboxylic acids is 2. The Hall–Kier alpha value is -2.28. The molecule has 1 aliphatic heterocycles. The number of nitrogens with one attached hydrogen (secondary N) is 2. The van der Waals surface area contributed by atoms with Gasteiger partial charge in [0.2, 0.25) is 5.91 Å². The Morgan fingerprint density at radius 3 is 2.42 bits per heavy atom. The average molecular weight is 360 g/mol. The van der Waals surface area contributed by atoms with Crippen LogP contribution in [0.25, 0.3) is 0 Å². The van der Waals surface area contributed by atoms with Gasteiger partial charge >= 0.3 is 6.03 Å². The van der Waals surface area contributed by atoms with Crippen molar-refractivity contribution >= 4 is 17.6 Å². The summed E-state index contributed by atoms with van der Waals surface area (Å²) in [6.45, 7) is 4.68. The molecule has 1 aromatic carbocycles. The summed E-state index contributed by atoms with van der Waals surface area (Å²) in [6.07, 6.45) is 4.25. The number of hydrogen-bond acceptors (Lipinski definition) is 5. The van der Waals surface area contributed by atoms with Crippen molar-refractivity contribution in [2.45, 2.75) is 44.7 Å². The smallest absolute Gasteiger partial charge is 0.321 e. The number of piperazine rings is 1. The quantitative estimate of drug-likeness (QED) is 0.761. The van der Waals surface area contributed by atoms with Crippen LogP contribution in [0.2, 0.25) is 0 Å². The van der Waals surface area contributed by atoms with Crippen molar-refractivity contribution in [3.63, 3.8) is 0 Å². The van der Waals surface area contributed by atoms with Gasteiger partial charge in [-0.05, 0) is 31.9 Å². The molecule has 7 heteroatoms. The monoisotopic (exact) mass is 360 g/mol. The maximum atomic E-state index is 12.4. The van der Waals surface area contributed by atoms with Crippen LogP contribution in [0.4, 0.5) is 10.5 Å². The Morgan fingerprint density at radius 1 is 1.12 bits per heavy atom. The van der Waals surface area contributed by atoms with E-state index in [4.69, 9.17) is 0 Å². The van der Waals surface area contributed by atoms with Crippen molar-refractivity contribution < 1.29 is 14.7 Å². The third kappa shape index (κ3) is 4.46. The highest BCUT2D eigenvalue weighted by Crippen LogP contribution is 2.27. The predicted molar refractivity (Wildman–Crippen MR) is 100 cm³/mol. The molecule has 1 saturated carbocycles. The van der Waals surface area contributed by atoms with E-state index < -0.39 is 0 Å². The number of phenolic OH excluding ortho intramolecular Hbond substituents is 1. The molecule has 142 valence electrons. The Balaban J connectivity index is 1.46. The lowest BCUT2D eigenvalue weighted by Crippen LogP contribution is -2.56. The highest BCUT2D eigenvalue weighted by atomic mass is 16.3. The van der Waals surface area contributed by atoms with Crippen LogP contribution in [0.15, 0.2) is 24.3 Å². The van der Waals surface area contributed by atoms with Crippen LogP contribution in [-0.4, -0.2) is 60.2 Å². The maximum Gasteiger partial charge on any atom is 0.321 e. The van der Waals surface area contributed by atoms with Gasteiger partial charge in [0, 0.05) is 32.2 Å². The zero-order valence-electron chi connectivity index (χ0n) is 15.3. The highest BCUT2D eigenvalue weighted by Gasteiger charge is 2.28. The van der Waals surface area contributed by atoms with Gasteiger partial charge in [-0.1, -0.05) is 25.0 Å². The first-order valence-corrected chi connectivity index (χ1v) is 9.43. The van der Waals surface area contributed by atoms with Gasteiger partial charge in [0.15, 0.2) is 0 Å². The fourth-order valence-corrected chi connectivity index (χ4v) is 3.76. The first-order valence-electron chi connectivity index (χ1n) is 9.43. The van der Waals surface area contributed by atoms with E-state index in [1.165, 1.54) is 0 Å². The topological polar surface area (TPSA) is 84.9 Å². The molecule has 26 heavy (non-hydrogen) atoms. The molecule has 1 heterocycles.